The monoisotopic (exact) mass is 547 g/mol. The second-order valence-electron chi connectivity index (χ2n) is 11.7. The zero-order chi connectivity index (χ0) is 28.5. The number of aliphatic hydroxyl groups is 1. The summed E-state index contributed by atoms with van der Waals surface area (Å²) in [5.41, 5.74) is 0.106. The van der Waals surface area contributed by atoms with Gasteiger partial charge in [0.15, 0.2) is 11.2 Å². The van der Waals surface area contributed by atoms with Gasteiger partial charge in [-0.1, -0.05) is 103 Å². The van der Waals surface area contributed by atoms with Crippen LogP contribution in [0.4, 0.5) is 0 Å². The van der Waals surface area contributed by atoms with Crippen molar-refractivity contribution in [1.82, 2.24) is 24.0 Å². The van der Waals surface area contributed by atoms with Crippen LogP contribution in [0.3, 0.4) is 0 Å². The largest absolute Gasteiger partial charge is 0.392 e. The lowest BCUT2D eigenvalue weighted by Crippen LogP contribution is -2.29. The number of H-pyrrole nitrogens is 1. The van der Waals surface area contributed by atoms with Crippen LogP contribution in [-0.2, 0) is 20.5 Å². The van der Waals surface area contributed by atoms with E-state index in [-0.39, 0.29) is 11.7 Å². The first-order valence-corrected chi connectivity index (χ1v) is 15.9. The zero-order valence-corrected chi connectivity index (χ0v) is 25.5. The third-order valence-corrected chi connectivity index (χ3v) is 8.08. The Bertz CT molecular complexity index is 1040. The smallest absolute Gasteiger partial charge is 0.329 e. The number of likely N-dealkylation sites (N-methyl/N-ethyl adjacent to an activating group) is 1. The number of hydrogen-bond donors (Lipinski definition) is 2. The minimum atomic E-state index is -0.430. The molecule has 0 saturated heterocycles. The van der Waals surface area contributed by atoms with E-state index in [4.69, 9.17) is 0 Å². The average molecular weight is 548 g/mol. The molecule has 39 heavy (non-hydrogen) atoms. The second kappa shape index (κ2) is 19.2. The Hall–Kier alpha value is -1.93. The number of unbranched alkanes of at least 4 members (excludes halogenated alkanes) is 15. The molecule has 0 aliphatic rings. The molecule has 0 aliphatic heterocycles. The Balaban J connectivity index is 1.44. The maximum Gasteiger partial charge on any atom is 0.329 e. The van der Waals surface area contributed by atoms with Gasteiger partial charge in [-0.2, -0.15) is 0 Å². The van der Waals surface area contributed by atoms with Gasteiger partial charge in [0.05, 0.1) is 6.10 Å². The van der Waals surface area contributed by atoms with Crippen molar-refractivity contribution in [2.45, 2.75) is 135 Å². The third-order valence-electron chi connectivity index (χ3n) is 8.08. The van der Waals surface area contributed by atoms with Gasteiger partial charge in [0.2, 0.25) is 0 Å². The summed E-state index contributed by atoms with van der Waals surface area (Å²) < 4.78 is 3.21. The lowest BCUT2D eigenvalue weighted by molar-refractivity contribution is 0.114. The summed E-state index contributed by atoms with van der Waals surface area (Å²) in [7, 11) is 5.62. The molecule has 0 amide bonds. The molecular formula is C31H57N5O3. The Labute approximate surface area is 236 Å². The molecule has 224 valence electrons. The fourth-order valence-corrected chi connectivity index (χ4v) is 5.54. The maximum atomic E-state index is 12.1. The summed E-state index contributed by atoms with van der Waals surface area (Å²) in [6.07, 6.45) is 23.2. The van der Waals surface area contributed by atoms with Gasteiger partial charge in [0, 0.05) is 27.1 Å². The molecule has 2 N–H and O–H groups in total. The SMILES string of the molecule is CCCCCCCCCCCCN(C)CC(O)CCCCCCCCCc1nc2c(c(=O)[nH]c(=O)n2C)n1C. The van der Waals surface area contributed by atoms with Crippen molar-refractivity contribution in [2.24, 2.45) is 14.1 Å². The predicted molar refractivity (Wildman–Crippen MR) is 163 cm³/mol. The first kappa shape index (κ1) is 33.3. The summed E-state index contributed by atoms with van der Waals surface area (Å²) in [5, 5.41) is 10.4. The molecule has 2 aromatic rings. The lowest BCUT2D eigenvalue weighted by atomic mass is 10.0. The van der Waals surface area contributed by atoms with Gasteiger partial charge in [-0.3, -0.25) is 14.3 Å². The molecule has 0 spiro atoms. The van der Waals surface area contributed by atoms with Gasteiger partial charge in [0.1, 0.15) is 5.82 Å². The quantitative estimate of drug-likeness (QED) is 0.171. The van der Waals surface area contributed by atoms with E-state index < -0.39 is 5.69 Å². The first-order valence-electron chi connectivity index (χ1n) is 15.9. The molecule has 1 unspecified atom stereocenters. The van der Waals surface area contributed by atoms with Crippen molar-refractivity contribution >= 4 is 11.2 Å². The number of nitrogens with one attached hydrogen (secondary N) is 1. The Morgan fingerprint density at radius 1 is 0.795 bits per heavy atom. The zero-order valence-electron chi connectivity index (χ0n) is 25.5. The molecule has 1 atom stereocenters. The Kier molecular flexibility index (Phi) is 16.4. The van der Waals surface area contributed by atoms with Crippen LogP contribution in [0.15, 0.2) is 9.59 Å². The highest BCUT2D eigenvalue weighted by Gasteiger charge is 2.14. The van der Waals surface area contributed by atoms with Gasteiger partial charge in [0.25, 0.3) is 5.56 Å². The van der Waals surface area contributed by atoms with Crippen LogP contribution in [0.25, 0.3) is 11.2 Å². The fraction of sp³-hybridized carbons (Fsp3) is 0.839. The van der Waals surface area contributed by atoms with Crippen LogP contribution < -0.4 is 11.2 Å². The highest BCUT2D eigenvalue weighted by atomic mass is 16.3. The average Bonchev–Trinajstić information content (AvgIpc) is 3.24. The van der Waals surface area contributed by atoms with Gasteiger partial charge in [-0.15, -0.1) is 0 Å². The standard InChI is InChI=1S/C31H57N5O3/c1-5-6-7-8-9-10-11-15-18-21-24-34(2)25-26(37)22-19-16-13-12-14-17-20-23-27-32-29-28(35(27)3)30(38)33-31(39)36(29)4/h26,37H,5-25H2,1-4H3,(H,33,38,39). The van der Waals surface area contributed by atoms with Crippen molar-refractivity contribution in [3.05, 3.63) is 26.7 Å². The van der Waals surface area contributed by atoms with Crippen LogP contribution in [-0.4, -0.2) is 55.3 Å². The van der Waals surface area contributed by atoms with E-state index in [1.54, 1.807) is 7.05 Å². The molecule has 8 nitrogen and oxygen atoms in total. The Morgan fingerprint density at radius 3 is 1.95 bits per heavy atom. The van der Waals surface area contributed by atoms with Crippen molar-refractivity contribution < 1.29 is 5.11 Å². The molecule has 0 radical (unpaired) electrons. The number of imidazole rings is 1. The Morgan fingerprint density at radius 2 is 1.33 bits per heavy atom. The molecule has 0 aliphatic carbocycles. The number of hydrogen-bond acceptors (Lipinski definition) is 5. The molecule has 0 bridgehead atoms. The summed E-state index contributed by atoms with van der Waals surface area (Å²) >= 11 is 0. The van der Waals surface area contributed by atoms with E-state index in [0.29, 0.717) is 11.2 Å². The first-order chi connectivity index (χ1) is 18.8. The van der Waals surface area contributed by atoms with Crippen LogP contribution >= 0.6 is 0 Å². The summed E-state index contributed by atoms with van der Waals surface area (Å²) in [6, 6.07) is 0. The molecule has 0 aromatic carbocycles. The highest BCUT2D eigenvalue weighted by molar-refractivity contribution is 5.70. The van der Waals surface area contributed by atoms with Gasteiger partial charge < -0.3 is 14.6 Å². The normalized spacial score (nSPS) is 12.7. The molecule has 0 saturated carbocycles. The molecule has 2 aromatic heterocycles. The second-order valence-corrected chi connectivity index (χ2v) is 11.7. The summed E-state index contributed by atoms with van der Waals surface area (Å²) in [4.78, 5) is 33.2. The molecule has 2 heterocycles. The number of aromatic amines is 1. The summed E-state index contributed by atoms with van der Waals surface area (Å²) in [6.45, 7) is 4.16. The van der Waals surface area contributed by atoms with E-state index in [0.717, 1.165) is 51.0 Å². The predicted octanol–water partition coefficient (Wildman–Crippen LogP) is 5.84. The van der Waals surface area contributed by atoms with Crippen molar-refractivity contribution in [3.63, 3.8) is 0 Å². The van der Waals surface area contributed by atoms with Crippen molar-refractivity contribution in [1.29, 1.82) is 0 Å². The number of nitrogens with zero attached hydrogens (tertiary/aromatic N) is 4. The fourth-order valence-electron chi connectivity index (χ4n) is 5.54. The number of aliphatic hydroxyl groups excluding tert-OH is 1. The number of aromatic nitrogens is 4. The van der Waals surface area contributed by atoms with Gasteiger partial charge in [-0.05, 0) is 32.9 Å². The number of fused-ring (bicyclic) bond motifs is 1. The van der Waals surface area contributed by atoms with Crippen molar-refractivity contribution in [3.8, 4) is 0 Å². The molecule has 8 heteroatoms. The van der Waals surface area contributed by atoms with E-state index in [1.165, 1.54) is 94.5 Å². The minimum Gasteiger partial charge on any atom is -0.392 e. The van der Waals surface area contributed by atoms with Gasteiger partial charge in [-0.25, -0.2) is 9.78 Å². The summed E-state index contributed by atoms with van der Waals surface area (Å²) in [5.74, 6) is 0.851. The maximum absolute atomic E-state index is 12.1. The highest BCUT2D eigenvalue weighted by Crippen LogP contribution is 2.15. The van der Waals surface area contributed by atoms with Crippen LogP contribution in [0.2, 0.25) is 0 Å². The van der Waals surface area contributed by atoms with Crippen molar-refractivity contribution in [2.75, 3.05) is 20.1 Å². The van der Waals surface area contributed by atoms with E-state index in [9.17, 15) is 14.7 Å². The van der Waals surface area contributed by atoms with Gasteiger partial charge >= 0.3 is 5.69 Å². The molecular weight excluding hydrogens is 490 g/mol. The number of rotatable bonds is 23. The molecule has 0 fully saturated rings. The lowest BCUT2D eigenvalue weighted by Gasteiger charge is -2.20. The van der Waals surface area contributed by atoms with E-state index >= 15 is 0 Å². The third kappa shape index (κ3) is 12.4. The topological polar surface area (TPSA) is 96.2 Å². The number of aryl methyl sites for hydroxylation is 3. The van der Waals surface area contributed by atoms with Crippen LogP contribution in [0.1, 0.15) is 128 Å². The minimum absolute atomic E-state index is 0.210. The van der Waals surface area contributed by atoms with Crippen LogP contribution in [0, 0.1) is 0 Å². The van der Waals surface area contributed by atoms with Crippen LogP contribution in [0.5, 0.6) is 0 Å². The van der Waals surface area contributed by atoms with E-state index in [1.807, 2.05) is 11.6 Å². The molecule has 2 rings (SSSR count). The van der Waals surface area contributed by atoms with E-state index in [2.05, 4.69) is 28.8 Å².